The summed E-state index contributed by atoms with van der Waals surface area (Å²) in [5, 5.41) is 15.0. The Morgan fingerprint density at radius 2 is 1.67 bits per heavy atom. The molecule has 3 aromatic heterocycles. The molecule has 342 valence electrons. The summed E-state index contributed by atoms with van der Waals surface area (Å²) in [4.78, 5) is 67.1. The molecule has 14 heteroatoms. The van der Waals surface area contributed by atoms with Crippen molar-refractivity contribution in [3.05, 3.63) is 93.7 Å². The summed E-state index contributed by atoms with van der Waals surface area (Å²) in [5.41, 5.74) is 6.88. The Labute approximate surface area is 380 Å². The van der Waals surface area contributed by atoms with Gasteiger partial charge in [-0.3, -0.25) is 24.2 Å². The number of unbranched alkanes of at least 4 members (excludes halogenated alkanes) is 4. The van der Waals surface area contributed by atoms with Crippen molar-refractivity contribution in [2.45, 2.75) is 104 Å². The number of β-amino-alcohol motifs (C(OH)–C–C–N with tert-alkyl or cyclic N) is 1. The van der Waals surface area contributed by atoms with Gasteiger partial charge >= 0.3 is 0 Å². The maximum Gasteiger partial charge on any atom is 0.259 e. The molecule has 6 rings (SSSR count). The normalized spacial score (nSPS) is 15.8. The van der Waals surface area contributed by atoms with Gasteiger partial charge in [0.2, 0.25) is 11.8 Å². The van der Waals surface area contributed by atoms with Crippen LogP contribution in [0.5, 0.6) is 11.5 Å². The molecule has 0 saturated carbocycles. The fraction of sp³-hybridized carbons (Fsp3) is 0.480. The number of benzene rings is 2. The number of nitrogens with one attached hydrogen (secondary N) is 1. The molecule has 2 N–H and O–H groups in total. The van der Waals surface area contributed by atoms with Crippen molar-refractivity contribution in [3.8, 4) is 33.1 Å². The van der Waals surface area contributed by atoms with Crippen molar-refractivity contribution in [3.63, 3.8) is 0 Å². The molecular weight excluding hydrogens is 829 g/mol. The summed E-state index contributed by atoms with van der Waals surface area (Å²) >= 11 is 1.59. The van der Waals surface area contributed by atoms with E-state index in [0.29, 0.717) is 36.4 Å². The zero-order chi connectivity index (χ0) is 46.1. The number of hydrogen-bond acceptors (Lipinski definition) is 11. The number of Topliss-reactive ketones (excluding diaryl/α,β-unsaturated/α-hetero) is 1. The number of carbonyl (C=O) groups is 3. The zero-order valence-electron chi connectivity index (χ0n) is 38.6. The van der Waals surface area contributed by atoms with Crippen LogP contribution in [0.2, 0.25) is 0 Å². The molecule has 3 atom stereocenters. The number of ketones is 1. The molecule has 5 aromatic rings. The first kappa shape index (κ1) is 48.0. The van der Waals surface area contributed by atoms with E-state index >= 15 is 0 Å². The van der Waals surface area contributed by atoms with Gasteiger partial charge in [0.25, 0.3) is 5.56 Å². The second-order valence-corrected chi connectivity index (χ2v) is 19.1. The van der Waals surface area contributed by atoms with E-state index < -0.39 is 23.5 Å². The molecule has 1 saturated heterocycles. The lowest BCUT2D eigenvalue weighted by Gasteiger charge is -2.34. The summed E-state index contributed by atoms with van der Waals surface area (Å²) < 4.78 is 13.3. The lowest BCUT2D eigenvalue weighted by molar-refractivity contribution is -0.146. The number of aromatic nitrogens is 3. The molecule has 0 bridgehead atoms. The van der Waals surface area contributed by atoms with Crippen LogP contribution < -0.4 is 20.3 Å². The Balaban J connectivity index is 0.948. The lowest BCUT2D eigenvalue weighted by atomic mass is 9.76. The number of thiazole rings is 1. The standard InChI is InChI=1S/C50H64N6O7S/c1-32-46(64-31-53-32)34-17-15-33(16-18-34)26-52-47(59)43-25-37(58)28-56(43)49(61)42(50(2,3)4)24-36(57)14-12-10-9-11-13-21-54(5)29-41-44(62-7)22-35(23-45(41)63-8)40-30-55(6)48(60)39-27-51-20-19-38(39)40/h15-20,22-23,27,30-31,37,42-43,58H,9-14,21,24-26,28-29H2,1-8H3,(H,52,59)/t37-,42-,43+/m1/s1. The van der Waals surface area contributed by atoms with Crippen LogP contribution >= 0.6 is 11.3 Å². The summed E-state index contributed by atoms with van der Waals surface area (Å²) in [6.45, 7) is 9.69. The SMILES string of the molecule is COc1cc(-c2cn(C)c(=O)c3cnccc23)cc(OC)c1CN(C)CCCCCCCC(=O)C[C@H](C(=O)N1C[C@H](O)C[C@H]1C(=O)NCc1ccc(-c2scnc2C)cc1)C(C)(C)C. The van der Waals surface area contributed by atoms with Crippen LogP contribution in [0.25, 0.3) is 32.3 Å². The molecule has 1 fully saturated rings. The third kappa shape index (κ3) is 11.6. The van der Waals surface area contributed by atoms with Crippen LogP contribution in [0.4, 0.5) is 0 Å². The van der Waals surface area contributed by atoms with E-state index in [-0.39, 0.29) is 42.5 Å². The Kier molecular flexibility index (Phi) is 16.1. The van der Waals surface area contributed by atoms with Crippen LogP contribution in [0.3, 0.4) is 0 Å². The van der Waals surface area contributed by atoms with Gasteiger partial charge in [0, 0.05) is 76.0 Å². The van der Waals surface area contributed by atoms with Gasteiger partial charge in [0.05, 0.1) is 47.4 Å². The predicted molar refractivity (Wildman–Crippen MR) is 252 cm³/mol. The minimum atomic E-state index is -0.811. The predicted octanol–water partition coefficient (Wildman–Crippen LogP) is 7.72. The molecule has 64 heavy (non-hydrogen) atoms. The molecule has 0 unspecified atom stereocenters. The van der Waals surface area contributed by atoms with Crippen molar-refractivity contribution >= 4 is 39.7 Å². The van der Waals surface area contributed by atoms with E-state index in [1.165, 1.54) is 4.90 Å². The number of methoxy groups -OCH3 is 2. The number of aryl methyl sites for hydroxylation is 2. The highest BCUT2D eigenvalue weighted by Crippen LogP contribution is 2.38. The van der Waals surface area contributed by atoms with Crippen LogP contribution in [0.15, 0.2) is 71.4 Å². The van der Waals surface area contributed by atoms with Gasteiger partial charge in [0.15, 0.2) is 0 Å². The molecule has 0 aliphatic carbocycles. The molecule has 0 radical (unpaired) electrons. The maximum atomic E-state index is 14.1. The number of aliphatic hydroxyl groups excluding tert-OH is 1. The van der Waals surface area contributed by atoms with E-state index in [9.17, 15) is 24.3 Å². The number of nitrogens with zero attached hydrogens (tertiary/aromatic N) is 5. The van der Waals surface area contributed by atoms with Crippen LogP contribution in [0, 0.1) is 18.3 Å². The molecular formula is C50H64N6O7S. The van der Waals surface area contributed by atoms with E-state index in [2.05, 4.69) is 27.2 Å². The van der Waals surface area contributed by atoms with Gasteiger partial charge in [0.1, 0.15) is 23.3 Å². The summed E-state index contributed by atoms with van der Waals surface area (Å²) in [6.07, 6.45) is 9.63. The third-order valence-electron chi connectivity index (χ3n) is 12.4. The second kappa shape index (κ2) is 21.5. The highest BCUT2D eigenvalue weighted by atomic mass is 32.1. The molecule has 0 spiro atoms. The lowest BCUT2D eigenvalue weighted by Crippen LogP contribution is -2.50. The quantitative estimate of drug-likeness (QED) is 0.0742. The fourth-order valence-corrected chi connectivity index (χ4v) is 9.49. The van der Waals surface area contributed by atoms with Gasteiger partial charge < -0.3 is 34.3 Å². The number of hydrogen-bond donors (Lipinski definition) is 2. The van der Waals surface area contributed by atoms with E-state index in [0.717, 1.165) is 82.4 Å². The number of pyridine rings is 2. The van der Waals surface area contributed by atoms with Gasteiger partial charge in [-0.2, -0.15) is 0 Å². The fourth-order valence-electron chi connectivity index (χ4n) is 8.68. The molecule has 2 aromatic carbocycles. The number of ether oxygens (including phenoxy) is 2. The zero-order valence-corrected chi connectivity index (χ0v) is 39.4. The molecule has 1 aliphatic heterocycles. The van der Waals surface area contributed by atoms with E-state index in [4.69, 9.17) is 9.47 Å². The topological polar surface area (TPSA) is 156 Å². The van der Waals surface area contributed by atoms with Gasteiger partial charge in [-0.05, 0) is 79.0 Å². The minimum Gasteiger partial charge on any atom is -0.496 e. The number of aliphatic hydroxyl groups is 1. The summed E-state index contributed by atoms with van der Waals surface area (Å²) in [6, 6.07) is 13.0. The van der Waals surface area contributed by atoms with Gasteiger partial charge in [-0.1, -0.05) is 64.3 Å². The number of likely N-dealkylation sites (tertiary alicyclic amines) is 1. The van der Waals surface area contributed by atoms with Crippen molar-refractivity contribution in [1.29, 1.82) is 0 Å². The van der Waals surface area contributed by atoms with Crippen molar-refractivity contribution in [2.24, 2.45) is 18.4 Å². The third-order valence-corrected chi connectivity index (χ3v) is 13.4. The van der Waals surface area contributed by atoms with E-state index in [1.807, 2.05) is 81.9 Å². The van der Waals surface area contributed by atoms with Crippen molar-refractivity contribution in [2.75, 3.05) is 34.4 Å². The first-order valence-corrected chi connectivity index (χ1v) is 23.1. The van der Waals surface area contributed by atoms with Gasteiger partial charge in [-0.15, -0.1) is 11.3 Å². The number of fused-ring (bicyclic) bond motifs is 1. The maximum absolute atomic E-state index is 14.1. The van der Waals surface area contributed by atoms with E-state index in [1.54, 1.807) is 49.6 Å². The number of rotatable bonds is 20. The average Bonchev–Trinajstić information content (AvgIpc) is 3.90. The Morgan fingerprint density at radius 3 is 2.33 bits per heavy atom. The molecule has 2 amide bonds. The number of amides is 2. The molecule has 13 nitrogen and oxygen atoms in total. The second-order valence-electron chi connectivity index (χ2n) is 18.2. The molecule has 1 aliphatic rings. The average molecular weight is 893 g/mol. The summed E-state index contributed by atoms with van der Waals surface area (Å²) in [5.74, 6) is 0.276. The Bertz CT molecular complexity index is 2450. The van der Waals surface area contributed by atoms with Crippen molar-refractivity contribution in [1.82, 2.24) is 29.7 Å². The Morgan fingerprint density at radius 1 is 0.984 bits per heavy atom. The van der Waals surface area contributed by atoms with Crippen LogP contribution in [-0.4, -0.2) is 93.5 Å². The summed E-state index contributed by atoms with van der Waals surface area (Å²) in [7, 11) is 7.12. The minimum absolute atomic E-state index is 0.0427. The van der Waals surface area contributed by atoms with Gasteiger partial charge in [-0.25, -0.2) is 4.98 Å². The monoisotopic (exact) mass is 892 g/mol. The number of carbonyl (C=O) groups excluding carboxylic acids is 3. The first-order chi connectivity index (χ1) is 30.6. The molecule has 4 heterocycles. The Hall–Kier alpha value is -5.44. The van der Waals surface area contributed by atoms with Crippen LogP contribution in [-0.2, 0) is 34.5 Å². The first-order valence-electron chi connectivity index (χ1n) is 22.2. The highest BCUT2D eigenvalue weighted by Gasteiger charge is 2.44. The van der Waals surface area contributed by atoms with Crippen LogP contribution in [0.1, 0.15) is 89.0 Å². The smallest absolute Gasteiger partial charge is 0.259 e. The largest absolute Gasteiger partial charge is 0.496 e. The highest BCUT2D eigenvalue weighted by molar-refractivity contribution is 7.13. The van der Waals surface area contributed by atoms with Crippen molar-refractivity contribution < 1.29 is 29.0 Å².